The number of hydrogen-bond donors (Lipinski definition) is 0. The predicted octanol–water partition coefficient (Wildman–Crippen LogP) is 6.18. The first kappa shape index (κ1) is 17.2. The number of hydrogen-bond acceptors (Lipinski definition) is 1. The summed E-state index contributed by atoms with van der Waals surface area (Å²) in [5, 5.41) is 0. The van der Waals surface area contributed by atoms with Gasteiger partial charge in [0.2, 0.25) is 0 Å². The van der Waals surface area contributed by atoms with E-state index in [-0.39, 0.29) is 5.41 Å². The second-order valence-corrected chi connectivity index (χ2v) is 9.45. The average Bonchev–Trinajstić information content (AvgIpc) is 3.00. The Hall–Kier alpha value is -0.590. The molecule has 0 saturated heterocycles. The number of rotatable bonds is 4. The van der Waals surface area contributed by atoms with Gasteiger partial charge in [-0.05, 0) is 81.0 Å². The zero-order valence-electron chi connectivity index (χ0n) is 16.0. The predicted molar refractivity (Wildman–Crippen MR) is 97.2 cm³/mol. The highest BCUT2D eigenvalue weighted by Gasteiger charge is 2.57. The Morgan fingerprint density at radius 3 is 2.48 bits per heavy atom. The molecule has 0 aliphatic heterocycles. The SMILES string of the molecule is CCC[C@H]1[C@@H]2CC[C@H](C(C)=O)[C@@]2(C)CC[C@@H]1[C@]1(C)C=C(C)CC1. The van der Waals surface area contributed by atoms with Crippen molar-refractivity contribution in [1.82, 2.24) is 0 Å². The summed E-state index contributed by atoms with van der Waals surface area (Å²) in [4.78, 5) is 12.2. The molecule has 2 fully saturated rings. The van der Waals surface area contributed by atoms with Gasteiger partial charge >= 0.3 is 0 Å². The highest BCUT2D eigenvalue weighted by Crippen LogP contribution is 2.63. The van der Waals surface area contributed by atoms with Gasteiger partial charge in [0.1, 0.15) is 5.78 Å². The molecule has 130 valence electrons. The average molecular weight is 317 g/mol. The van der Waals surface area contributed by atoms with E-state index in [2.05, 4.69) is 33.8 Å². The Morgan fingerprint density at radius 1 is 1.17 bits per heavy atom. The van der Waals surface area contributed by atoms with Crippen molar-refractivity contribution in [1.29, 1.82) is 0 Å². The maximum absolute atomic E-state index is 12.2. The molecule has 3 rings (SSSR count). The van der Waals surface area contributed by atoms with Crippen LogP contribution in [0.4, 0.5) is 0 Å². The van der Waals surface area contributed by atoms with Gasteiger partial charge in [-0.3, -0.25) is 4.79 Å². The van der Waals surface area contributed by atoms with Crippen molar-refractivity contribution in [3.05, 3.63) is 11.6 Å². The molecule has 2 saturated carbocycles. The Kier molecular flexibility index (Phi) is 4.53. The summed E-state index contributed by atoms with van der Waals surface area (Å²) >= 11 is 0. The summed E-state index contributed by atoms with van der Waals surface area (Å²) in [6.45, 7) is 11.5. The van der Waals surface area contributed by atoms with Gasteiger partial charge in [-0.25, -0.2) is 0 Å². The Bertz CT molecular complexity index is 504. The molecule has 0 bridgehead atoms. The molecular formula is C22H36O. The third kappa shape index (κ3) is 2.72. The molecule has 3 aliphatic rings. The molecule has 0 aromatic heterocycles. The van der Waals surface area contributed by atoms with Gasteiger partial charge in [-0.15, -0.1) is 0 Å². The lowest BCUT2D eigenvalue weighted by atomic mass is 9.52. The maximum atomic E-state index is 12.2. The standard InChI is InChI=1S/C22H36O/c1-6-7-17-19(21(4)12-10-15(2)14-21)11-13-22(5)18(16(3)23)8-9-20(17)22/h14,17-20H,6-13H2,1-5H3/t17-,18-,19+,20+,21+,22-/m1/s1. The fourth-order valence-electron chi connectivity index (χ4n) is 6.98. The van der Waals surface area contributed by atoms with Gasteiger partial charge < -0.3 is 0 Å². The van der Waals surface area contributed by atoms with Crippen molar-refractivity contribution < 1.29 is 4.79 Å². The number of fused-ring (bicyclic) bond motifs is 1. The maximum Gasteiger partial charge on any atom is 0.133 e. The monoisotopic (exact) mass is 316 g/mol. The van der Waals surface area contributed by atoms with Crippen LogP contribution in [-0.4, -0.2) is 5.78 Å². The number of ketones is 1. The van der Waals surface area contributed by atoms with Gasteiger partial charge in [-0.2, -0.15) is 0 Å². The van der Waals surface area contributed by atoms with E-state index in [1.165, 1.54) is 44.9 Å². The zero-order chi connectivity index (χ0) is 16.8. The first-order valence-corrected chi connectivity index (χ1v) is 10.0. The highest BCUT2D eigenvalue weighted by molar-refractivity contribution is 5.79. The van der Waals surface area contributed by atoms with Crippen molar-refractivity contribution in [2.75, 3.05) is 0 Å². The number of carbonyl (C=O) groups excluding carboxylic acids is 1. The quantitative estimate of drug-likeness (QED) is 0.566. The second-order valence-electron chi connectivity index (χ2n) is 9.45. The third-order valence-electron chi connectivity index (χ3n) is 8.03. The summed E-state index contributed by atoms with van der Waals surface area (Å²) in [5.41, 5.74) is 2.30. The van der Waals surface area contributed by atoms with Gasteiger partial charge in [0.15, 0.2) is 0 Å². The minimum absolute atomic E-state index is 0.288. The van der Waals surface area contributed by atoms with Crippen LogP contribution < -0.4 is 0 Å². The normalized spacial score (nSPS) is 46.6. The molecule has 0 N–H and O–H groups in total. The van der Waals surface area contributed by atoms with Crippen LogP contribution in [0.2, 0.25) is 0 Å². The lowest BCUT2D eigenvalue weighted by molar-refractivity contribution is -0.127. The zero-order valence-corrected chi connectivity index (χ0v) is 16.0. The number of allylic oxidation sites excluding steroid dienone is 2. The van der Waals surface area contributed by atoms with Crippen molar-refractivity contribution in [2.45, 2.75) is 86.0 Å². The molecule has 1 nitrogen and oxygen atoms in total. The van der Waals surface area contributed by atoms with E-state index in [1.807, 2.05) is 6.92 Å². The molecule has 3 aliphatic carbocycles. The Morgan fingerprint density at radius 2 is 1.91 bits per heavy atom. The fourth-order valence-corrected chi connectivity index (χ4v) is 6.98. The first-order chi connectivity index (χ1) is 10.8. The van der Waals surface area contributed by atoms with Gasteiger partial charge in [-0.1, -0.05) is 45.3 Å². The minimum atomic E-state index is 0.288. The van der Waals surface area contributed by atoms with Crippen LogP contribution in [0.1, 0.15) is 86.0 Å². The van der Waals surface area contributed by atoms with E-state index in [4.69, 9.17) is 0 Å². The number of Topliss-reactive ketones (excluding diaryl/α,β-unsaturated/α-hetero) is 1. The van der Waals surface area contributed by atoms with Crippen molar-refractivity contribution >= 4 is 5.78 Å². The van der Waals surface area contributed by atoms with Crippen LogP contribution in [-0.2, 0) is 4.79 Å². The van der Waals surface area contributed by atoms with E-state index >= 15 is 0 Å². The lowest BCUT2D eigenvalue weighted by Gasteiger charge is -2.52. The summed E-state index contributed by atoms with van der Waals surface area (Å²) in [7, 11) is 0. The molecule has 0 unspecified atom stereocenters. The Balaban J connectivity index is 1.90. The summed E-state index contributed by atoms with van der Waals surface area (Å²) in [6.07, 6.45) is 13.0. The molecule has 0 aromatic carbocycles. The molecule has 0 spiro atoms. The van der Waals surface area contributed by atoms with Crippen LogP contribution >= 0.6 is 0 Å². The van der Waals surface area contributed by atoms with E-state index in [0.717, 1.165) is 24.2 Å². The molecule has 1 heteroatoms. The molecule has 0 aromatic rings. The van der Waals surface area contributed by atoms with E-state index < -0.39 is 0 Å². The third-order valence-corrected chi connectivity index (χ3v) is 8.03. The molecule has 0 radical (unpaired) electrons. The second kappa shape index (κ2) is 6.05. The van der Waals surface area contributed by atoms with Crippen LogP contribution in [0, 0.1) is 34.5 Å². The minimum Gasteiger partial charge on any atom is -0.300 e. The smallest absolute Gasteiger partial charge is 0.133 e. The van der Waals surface area contributed by atoms with Crippen molar-refractivity contribution in [3.63, 3.8) is 0 Å². The van der Waals surface area contributed by atoms with E-state index in [1.54, 1.807) is 5.57 Å². The molecule has 0 heterocycles. The fraction of sp³-hybridized carbons (Fsp3) is 0.864. The van der Waals surface area contributed by atoms with Crippen molar-refractivity contribution in [2.24, 2.45) is 34.5 Å². The summed E-state index contributed by atoms with van der Waals surface area (Å²) in [5.74, 6) is 3.23. The Labute approximate surface area is 143 Å². The van der Waals surface area contributed by atoms with Gasteiger partial charge in [0.25, 0.3) is 0 Å². The van der Waals surface area contributed by atoms with E-state index in [0.29, 0.717) is 17.1 Å². The first-order valence-electron chi connectivity index (χ1n) is 10.0. The molecule has 23 heavy (non-hydrogen) atoms. The largest absolute Gasteiger partial charge is 0.300 e. The van der Waals surface area contributed by atoms with Crippen molar-refractivity contribution in [3.8, 4) is 0 Å². The van der Waals surface area contributed by atoms with Crippen LogP contribution in [0.15, 0.2) is 11.6 Å². The number of carbonyl (C=O) groups is 1. The topological polar surface area (TPSA) is 17.1 Å². The highest BCUT2D eigenvalue weighted by atomic mass is 16.1. The van der Waals surface area contributed by atoms with Gasteiger partial charge in [0.05, 0.1) is 0 Å². The lowest BCUT2D eigenvalue weighted by Crippen LogP contribution is -2.46. The summed E-state index contributed by atoms with van der Waals surface area (Å²) in [6, 6.07) is 0. The van der Waals surface area contributed by atoms with Gasteiger partial charge in [0, 0.05) is 5.92 Å². The molecule has 6 atom stereocenters. The van der Waals surface area contributed by atoms with Crippen LogP contribution in [0.25, 0.3) is 0 Å². The van der Waals surface area contributed by atoms with Crippen LogP contribution in [0.3, 0.4) is 0 Å². The molecule has 0 amide bonds. The van der Waals surface area contributed by atoms with E-state index in [9.17, 15) is 4.79 Å². The van der Waals surface area contributed by atoms with Crippen LogP contribution in [0.5, 0.6) is 0 Å². The summed E-state index contributed by atoms with van der Waals surface area (Å²) < 4.78 is 0. The molecular weight excluding hydrogens is 280 g/mol.